The molecule has 0 saturated carbocycles. The molecule has 0 aliphatic rings. The number of hydrogen-bond donors (Lipinski definition) is 6. The van der Waals surface area contributed by atoms with Crippen LogP contribution in [0.5, 0.6) is 17.2 Å². The molecule has 0 fully saturated rings. The maximum absolute atomic E-state index is 12.6. The molecule has 4 rings (SSSR count). The molecule has 6 N–H and O–H groups in total. The fourth-order valence-corrected chi connectivity index (χ4v) is 4.86. The highest BCUT2D eigenvalue weighted by atomic mass is 16.6. The lowest BCUT2D eigenvalue weighted by Gasteiger charge is -2.20. The Morgan fingerprint density at radius 2 is 0.684 bits per heavy atom. The lowest BCUT2D eigenvalue weighted by atomic mass is 10.0. The van der Waals surface area contributed by atoms with Gasteiger partial charge in [-0.3, -0.25) is 30.9 Å². The minimum Gasteiger partial charge on any atom is -0.506 e. The Labute approximate surface area is 331 Å². The number of nitrogens with one attached hydrogen (secondary N) is 3. The van der Waals surface area contributed by atoms with Crippen LogP contribution in [0.3, 0.4) is 0 Å². The highest BCUT2D eigenvalue weighted by molar-refractivity contribution is 6.05. The highest BCUT2D eigenvalue weighted by Crippen LogP contribution is 2.41. The zero-order valence-corrected chi connectivity index (χ0v) is 33.3. The molecule has 4 aromatic rings. The van der Waals surface area contributed by atoms with E-state index in [1.807, 2.05) is 0 Å². The van der Waals surface area contributed by atoms with E-state index in [0.29, 0.717) is 0 Å². The molecule has 57 heavy (non-hydrogen) atoms. The van der Waals surface area contributed by atoms with E-state index < -0.39 is 52.3 Å². The first-order valence-electron chi connectivity index (χ1n) is 17.8. The molecule has 3 amide bonds. The summed E-state index contributed by atoms with van der Waals surface area (Å²) in [5, 5.41) is 42.6. The maximum atomic E-state index is 12.6. The van der Waals surface area contributed by atoms with Gasteiger partial charge in [0.05, 0.1) is 50.8 Å². The summed E-state index contributed by atoms with van der Waals surface area (Å²) in [6.07, 6.45) is 1.26. The lowest BCUT2D eigenvalue weighted by Crippen LogP contribution is -2.27. The topological polar surface area (TPSA) is 213 Å². The molecule has 0 radical (unpaired) electrons. The molecule has 0 unspecified atom stereocenters. The zero-order valence-electron chi connectivity index (χ0n) is 33.3. The van der Waals surface area contributed by atoms with Gasteiger partial charge in [0.1, 0.15) is 34.1 Å². The molecule has 0 bridgehead atoms. The van der Waals surface area contributed by atoms with E-state index in [1.54, 1.807) is 135 Å². The van der Waals surface area contributed by atoms with E-state index in [-0.39, 0.29) is 50.8 Å². The number of carbonyl (C=O) groups is 3. The molecule has 0 aromatic heterocycles. The third kappa shape index (κ3) is 12.8. The molecule has 15 nitrogen and oxygen atoms in total. The number of hydrogen-bond acceptors (Lipinski definition) is 12. The van der Waals surface area contributed by atoms with Gasteiger partial charge in [0.25, 0.3) is 0 Å². The highest BCUT2D eigenvalue weighted by Gasteiger charge is 2.23. The van der Waals surface area contributed by atoms with Gasteiger partial charge < -0.3 is 29.5 Å². The van der Waals surface area contributed by atoms with Gasteiger partial charge in [-0.25, -0.2) is 14.4 Å². The van der Waals surface area contributed by atoms with Crippen molar-refractivity contribution >= 4 is 71.0 Å². The molecule has 0 aliphatic heterocycles. The van der Waals surface area contributed by atoms with Crippen LogP contribution in [0.1, 0.15) is 79.0 Å². The Kier molecular flexibility index (Phi) is 13.3. The quantitative estimate of drug-likeness (QED) is 0.0703. The Bertz CT molecular complexity index is 1940. The number of ether oxygens (including phenoxy) is 3. The first kappa shape index (κ1) is 42.8. The predicted octanol–water partition coefficient (Wildman–Crippen LogP) is 10.1. The van der Waals surface area contributed by atoms with Gasteiger partial charge in [-0.2, -0.15) is 0 Å². The van der Waals surface area contributed by atoms with Crippen molar-refractivity contribution in [1.29, 1.82) is 0 Å². The monoisotopic (exact) mass is 780 g/mol. The van der Waals surface area contributed by atoms with E-state index in [2.05, 4.69) is 30.9 Å². The van der Waals surface area contributed by atoms with Crippen molar-refractivity contribution in [2.75, 3.05) is 16.0 Å². The molecule has 300 valence electrons. The van der Waals surface area contributed by atoms with Gasteiger partial charge in [0, 0.05) is 18.6 Å². The van der Waals surface area contributed by atoms with Gasteiger partial charge in [0.15, 0.2) is 0 Å². The van der Waals surface area contributed by atoms with Crippen molar-refractivity contribution in [3.63, 3.8) is 0 Å². The van der Waals surface area contributed by atoms with E-state index in [9.17, 15) is 29.7 Å². The molecular weight excluding hydrogens is 732 g/mol. The minimum atomic E-state index is -0.763. The molecule has 0 saturated heterocycles. The number of phenols is 3. The molecule has 15 heteroatoms. The fourth-order valence-electron chi connectivity index (χ4n) is 4.86. The third-order valence-electron chi connectivity index (χ3n) is 7.15. The Hall–Kier alpha value is -6.90. The predicted molar refractivity (Wildman–Crippen MR) is 222 cm³/mol. The van der Waals surface area contributed by atoms with Crippen LogP contribution in [-0.2, 0) is 14.2 Å². The number of phenolic OH excluding ortho intramolecular Hbond substituents is 3. The number of para-hydroxylation sites is 6. The summed E-state index contributed by atoms with van der Waals surface area (Å²) in [6.45, 7) is 15.5. The first-order valence-corrected chi connectivity index (χ1v) is 17.8. The van der Waals surface area contributed by atoms with E-state index in [0.717, 1.165) is 18.6 Å². The van der Waals surface area contributed by atoms with Crippen LogP contribution in [0.15, 0.2) is 87.8 Å². The van der Waals surface area contributed by atoms with Crippen molar-refractivity contribution in [2.45, 2.75) is 79.1 Å². The van der Waals surface area contributed by atoms with Crippen LogP contribution < -0.4 is 16.0 Å². The van der Waals surface area contributed by atoms with Crippen LogP contribution >= 0.6 is 0 Å². The summed E-state index contributed by atoms with van der Waals surface area (Å²) in [6, 6.07) is 19.6. The number of rotatable bonds is 9. The van der Waals surface area contributed by atoms with Crippen LogP contribution in [0.25, 0.3) is 0 Å². The summed E-state index contributed by atoms with van der Waals surface area (Å²) in [5.41, 5.74) is -1.50. The van der Waals surface area contributed by atoms with E-state index in [4.69, 9.17) is 14.2 Å². The van der Waals surface area contributed by atoms with Crippen LogP contribution in [0, 0.1) is 0 Å². The average Bonchev–Trinajstić information content (AvgIpc) is 3.07. The molecule has 0 aliphatic carbocycles. The van der Waals surface area contributed by atoms with Crippen molar-refractivity contribution in [2.24, 2.45) is 15.0 Å². The second-order valence-corrected chi connectivity index (χ2v) is 15.5. The van der Waals surface area contributed by atoms with E-state index in [1.165, 1.54) is 0 Å². The van der Waals surface area contributed by atoms with Crippen LogP contribution in [-0.4, -0.2) is 69.0 Å². The van der Waals surface area contributed by atoms with Crippen LogP contribution in [0.2, 0.25) is 0 Å². The number of aromatic hydroxyl groups is 3. The Morgan fingerprint density at radius 3 is 0.912 bits per heavy atom. The van der Waals surface area contributed by atoms with Gasteiger partial charge in [-0.1, -0.05) is 36.4 Å². The Balaban J connectivity index is 1.83. The Morgan fingerprint density at radius 1 is 0.456 bits per heavy atom. The number of nitrogens with zero attached hydrogens (tertiary/aromatic N) is 3. The number of aliphatic imine (C=N–C) groups is 3. The average molecular weight is 781 g/mol. The summed E-state index contributed by atoms with van der Waals surface area (Å²) in [5.74, 6) is -1.84. The fraction of sp³-hybridized carbons (Fsp3) is 0.286. The second kappa shape index (κ2) is 17.7. The zero-order chi connectivity index (χ0) is 42.1. The van der Waals surface area contributed by atoms with Gasteiger partial charge in [0.2, 0.25) is 0 Å². The smallest absolute Gasteiger partial charge is 0.412 e. The van der Waals surface area contributed by atoms with Crippen LogP contribution in [0.4, 0.5) is 48.5 Å². The summed E-state index contributed by atoms with van der Waals surface area (Å²) in [4.78, 5) is 51.0. The van der Waals surface area contributed by atoms with Gasteiger partial charge in [-0.15, -0.1) is 0 Å². The standard InChI is InChI=1S/C42H48N6O9/c1-40(2,3)55-37(52)46-31-19-13-10-16-28(31)43-22-25-34(49)26(23-44-29-17-11-14-20-32(29)47-38(53)56-41(4,5)6)36(51)27(35(25)50)24-45-30-18-12-15-21-33(30)48-39(54)57-42(7,8)9/h10-24,49-51H,1-9H3,(H,46,52)(H,47,53)(H,48,54). The number of anilines is 3. The van der Waals surface area contributed by atoms with Crippen molar-refractivity contribution in [1.82, 2.24) is 0 Å². The van der Waals surface area contributed by atoms with Crippen molar-refractivity contribution < 1.29 is 43.9 Å². The largest absolute Gasteiger partial charge is 0.506 e. The summed E-state index contributed by atoms with van der Waals surface area (Å²) >= 11 is 0. The second-order valence-electron chi connectivity index (χ2n) is 15.5. The molecular formula is C42H48N6O9. The first-order chi connectivity index (χ1) is 26.6. The molecule has 0 heterocycles. The summed E-state index contributed by atoms with van der Waals surface area (Å²) in [7, 11) is 0. The number of benzene rings is 4. The van der Waals surface area contributed by atoms with Gasteiger partial charge >= 0.3 is 18.3 Å². The molecule has 0 spiro atoms. The lowest BCUT2D eigenvalue weighted by molar-refractivity contribution is 0.0624. The van der Waals surface area contributed by atoms with Gasteiger partial charge in [-0.05, 0) is 98.7 Å². The normalized spacial score (nSPS) is 12.2. The minimum absolute atomic E-state index is 0.241. The summed E-state index contributed by atoms with van der Waals surface area (Å²) < 4.78 is 16.1. The number of amides is 3. The number of carbonyl (C=O) groups excluding carboxylic acids is 3. The van der Waals surface area contributed by atoms with Crippen molar-refractivity contribution in [3.8, 4) is 17.2 Å². The SMILES string of the molecule is CC(C)(C)OC(=O)Nc1ccccc1N=Cc1c(O)c(C=Nc2ccccc2NC(=O)OC(C)(C)C)c(O)c(C=Nc2ccccc2NC(=O)OC(C)(C)C)c1O. The molecule has 4 aromatic carbocycles. The van der Waals surface area contributed by atoms with Crippen molar-refractivity contribution in [3.05, 3.63) is 89.5 Å². The molecule has 0 atom stereocenters. The van der Waals surface area contributed by atoms with E-state index >= 15 is 0 Å². The maximum Gasteiger partial charge on any atom is 0.412 e. The third-order valence-corrected chi connectivity index (χ3v) is 7.15.